The van der Waals surface area contributed by atoms with Gasteiger partial charge in [0, 0.05) is 54.6 Å². The number of Topliss-reactive ketones (excluding diaryl/α,β-unsaturated/α-hetero) is 1. The molecule has 1 saturated heterocycles. The van der Waals surface area contributed by atoms with E-state index >= 15 is 0 Å². The van der Waals surface area contributed by atoms with Crippen molar-refractivity contribution in [3.05, 3.63) is 23.0 Å². The number of hydrogen-bond acceptors (Lipinski definition) is 3. The number of nitrogens with zero attached hydrogens (tertiary/aromatic N) is 3. The molecule has 138 valence electrons. The summed E-state index contributed by atoms with van der Waals surface area (Å²) in [5.74, 6) is 0.405. The first-order chi connectivity index (χ1) is 11.7. The molecule has 0 unspecified atom stereocenters. The van der Waals surface area contributed by atoms with Crippen LogP contribution in [0.3, 0.4) is 0 Å². The smallest absolute Gasteiger partial charge is 0.228 e. The lowest BCUT2D eigenvalue weighted by Gasteiger charge is -2.37. The van der Waals surface area contributed by atoms with Gasteiger partial charge in [0.05, 0.1) is 6.54 Å². The standard InChI is InChI=1S/C20H31N3O2/c1-14-12-17(15(2)23(14)16-6-7-16)18(24)13-21-8-10-22(11-9-21)19(25)20(3,4)5/h12,16H,6-11,13H2,1-5H3. The van der Waals surface area contributed by atoms with E-state index in [0.29, 0.717) is 25.7 Å². The van der Waals surface area contributed by atoms with Gasteiger partial charge in [-0.2, -0.15) is 0 Å². The molecule has 0 N–H and O–H groups in total. The van der Waals surface area contributed by atoms with Gasteiger partial charge in [0.25, 0.3) is 0 Å². The Morgan fingerprint density at radius 1 is 1.08 bits per heavy atom. The van der Waals surface area contributed by atoms with Crippen LogP contribution in [-0.4, -0.2) is 58.8 Å². The lowest BCUT2D eigenvalue weighted by atomic mass is 9.94. The fraction of sp³-hybridized carbons (Fsp3) is 0.700. The second-order valence-corrected chi connectivity index (χ2v) is 8.63. The molecule has 2 fully saturated rings. The molecule has 25 heavy (non-hydrogen) atoms. The molecule has 0 radical (unpaired) electrons. The molecular formula is C20H31N3O2. The molecule has 1 aromatic heterocycles. The van der Waals surface area contributed by atoms with E-state index in [9.17, 15) is 9.59 Å². The Morgan fingerprint density at radius 2 is 1.68 bits per heavy atom. The van der Waals surface area contributed by atoms with Crippen LogP contribution in [0.5, 0.6) is 0 Å². The van der Waals surface area contributed by atoms with Crippen LogP contribution in [0.4, 0.5) is 0 Å². The highest BCUT2D eigenvalue weighted by molar-refractivity contribution is 5.99. The summed E-state index contributed by atoms with van der Waals surface area (Å²) in [6.07, 6.45) is 2.46. The molecule has 1 aromatic rings. The van der Waals surface area contributed by atoms with Gasteiger partial charge < -0.3 is 9.47 Å². The number of amides is 1. The fourth-order valence-electron chi connectivity index (χ4n) is 3.83. The van der Waals surface area contributed by atoms with E-state index < -0.39 is 0 Å². The summed E-state index contributed by atoms with van der Waals surface area (Å²) in [5.41, 5.74) is 2.85. The zero-order valence-electron chi connectivity index (χ0n) is 16.3. The number of hydrogen-bond donors (Lipinski definition) is 0. The summed E-state index contributed by atoms with van der Waals surface area (Å²) < 4.78 is 2.33. The van der Waals surface area contributed by atoms with E-state index in [1.807, 2.05) is 25.7 Å². The molecule has 1 aliphatic heterocycles. The summed E-state index contributed by atoms with van der Waals surface area (Å²) in [4.78, 5) is 29.3. The minimum atomic E-state index is -0.335. The molecule has 2 aliphatic rings. The number of rotatable bonds is 4. The van der Waals surface area contributed by atoms with Gasteiger partial charge in [-0.3, -0.25) is 14.5 Å². The van der Waals surface area contributed by atoms with Crippen molar-refractivity contribution in [2.45, 2.75) is 53.5 Å². The van der Waals surface area contributed by atoms with Crippen molar-refractivity contribution >= 4 is 11.7 Å². The molecule has 0 bridgehead atoms. The van der Waals surface area contributed by atoms with Crippen LogP contribution in [0.15, 0.2) is 6.07 Å². The van der Waals surface area contributed by atoms with E-state index in [1.165, 1.54) is 18.5 Å². The van der Waals surface area contributed by atoms with Crippen LogP contribution >= 0.6 is 0 Å². The molecule has 3 rings (SSSR count). The quantitative estimate of drug-likeness (QED) is 0.788. The Bertz CT molecular complexity index is 672. The zero-order chi connectivity index (χ0) is 18.4. The highest BCUT2D eigenvalue weighted by Crippen LogP contribution is 2.38. The average Bonchev–Trinajstić information content (AvgIpc) is 3.32. The fourth-order valence-corrected chi connectivity index (χ4v) is 3.83. The average molecular weight is 345 g/mol. The third-order valence-corrected chi connectivity index (χ3v) is 5.37. The highest BCUT2D eigenvalue weighted by atomic mass is 16.2. The van der Waals surface area contributed by atoms with Gasteiger partial charge in [-0.05, 0) is 32.8 Å². The molecule has 5 nitrogen and oxygen atoms in total. The monoisotopic (exact) mass is 345 g/mol. The largest absolute Gasteiger partial charge is 0.345 e. The maximum absolute atomic E-state index is 12.8. The topological polar surface area (TPSA) is 45.6 Å². The molecule has 0 spiro atoms. The lowest BCUT2D eigenvalue weighted by molar-refractivity contribution is -0.141. The summed E-state index contributed by atoms with van der Waals surface area (Å²) in [6.45, 7) is 13.5. The van der Waals surface area contributed by atoms with Gasteiger partial charge in [0.2, 0.25) is 5.91 Å². The number of carbonyl (C=O) groups excluding carboxylic acids is 2. The number of aromatic nitrogens is 1. The molecule has 1 saturated carbocycles. The van der Waals surface area contributed by atoms with Crippen LogP contribution in [0, 0.1) is 19.3 Å². The van der Waals surface area contributed by atoms with Gasteiger partial charge in [-0.25, -0.2) is 0 Å². The van der Waals surface area contributed by atoms with Gasteiger partial charge in [0.1, 0.15) is 0 Å². The first-order valence-corrected chi connectivity index (χ1v) is 9.42. The Hall–Kier alpha value is -1.62. The molecular weight excluding hydrogens is 314 g/mol. The van der Waals surface area contributed by atoms with Crippen LogP contribution in [0.2, 0.25) is 0 Å². The molecule has 1 amide bonds. The van der Waals surface area contributed by atoms with Crippen LogP contribution < -0.4 is 0 Å². The predicted molar refractivity (Wildman–Crippen MR) is 99.0 cm³/mol. The first kappa shape index (κ1) is 18.2. The van der Waals surface area contributed by atoms with E-state index in [2.05, 4.69) is 29.4 Å². The molecule has 2 heterocycles. The van der Waals surface area contributed by atoms with Crippen molar-refractivity contribution in [3.8, 4) is 0 Å². The maximum Gasteiger partial charge on any atom is 0.228 e. The first-order valence-electron chi connectivity index (χ1n) is 9.42. The number of aryl methyl sites for hydroxylation is 1. The van der Waals surface area contributed by atoms with Crippen molar-refractivity contribution < 1.29 is 9.59 Å². The minimum absolute atomic E-state index is 0.200. The second kappa shape index (κ2) is 6.60. The summed E-state index contributed by atoms with van der Waals surface area (Å²) in [5, 5.41) is 0. The van der Waals surface area contributed by atoms with Crippen molar-refractivity contribution in [1.82, 2.24) is 14.4 Å². The van der Waals surface area contributed by atoms with Gasteiger partial charge >= 0.3 is 0 Å². The normalized spacial score (nSPS) is 19.3. The second-order valence-electron chi connectivity index (χ2n) is 8.63. The van der Waals surface area contributed by atoms with Crippen molar-refractivity contribution in [2.24, 2.45) is 5.41 Å². The van der Waals surface area contributed by atoms with Gasteiger partial charge in [0.15, 0.2) is 5.78 Å². The van der Waals surface area contributed by atoms with Crippen molar-refractivity contribution in [3.63, 3.8) is 0 Å². The van der Waals surface area contributed by atoms with Crippen LogP contribution in [0.1, 0.15) is 61.4 Å². The van der Waals surface area contributed by atoms with E-state index in [4.69, 9.17) is 0 Å². The van der Waals surface area contributed by atoms with E-state index in [1.54, 1.807) is 0 Å². The number of carbonyl (C=O) groups is 2. The maximum atomic E-state index is 12.8. The number of piperazine rings is 1. The Morgan fingerprint density at radius 3 is 2.20 bits per heavy atom. The van der Waals surface area contributed by atoms with Crippen LogP contribution in [-0.2, 0) is 4.79 Å². The Labute approximate surface area is 151 Å². The molecule has 0 aromatic carbocycles. The van der Waals surface area contributed by atoms with Crippen molar-refractivity contribution in [2.75, 3.05) is 32.7 Å². The number of ketones is 1. The third-order valence-electron chi connectivity index (χ3n) is 5.37. The predicted octanol–water partition coefficient (Wildman–Crippen LogP) is 2.81. The Kier molecular flexibility index (Phi) is 4.80. The Balaban J connectivity index is 1.58. The molecule has 1 aliphatic carbocycles. The summed E-state index contributed by atoms with van der Waals surface area (Å²) in [7, 11) is 0. The SMILES string of the molecule is Cc1cc(C(=O)CN2CCN(C(=O)C(C)(C)C)CC2)c(C)n1C1CC1. The minimum Gasteiger partial charge on any atom is -0.345 e. The summed E-state index contributed by atoms with van der Waals surface area (Å²) in [6, 6.07) is 2.66. The van der Waals surface area contributed by atoms with Gasteiger partial charge in [-0.15, -0.1) is 0 Å². The lowest BCUT2D eigenvalue weighted by Crippen LogP contribution is -2.52. The highest BCUT2D eigenvalue weighted by Gasteiger charge is 2.31. The molecule has 5 heteroatoms. The summed E-state index contributed by atoms with van der Waals surface area (Å²) >= 11 is 0. The van der Waals surface area contributed by atoms with E-state index in [0.717, 1.165) is 24.3 Å². The zero-order valence-corrected chi connectivity index (χ0v) is 16.3. The molecule has 0 atom stereocenters. The third kappa shape index (κ3) is 3.81. The van der Waals surface area contributed by atoms with Crippen LogP contribution in [0.25, 0.3) is 0 Å². The van der Waals surface area contributed by atoms with E-state index in [-0.39, 0.29) is 17.1 Å². The van der Waals surface area contributed by atoms with Gasteiger partial charge in [-0.1, -0.05) is 20.8 Å². The van der Waals surface area contributed by atoms with Crippen molar-refractivity contribution in [1.29, 1.82) is 0 Å².